The summed E-state index contributed by atoms with van der Waals surface area (Å²) in [5.41, 5.74) is 2.29. The highest BCUT2D eigenvalue weighted by atomic mass is 16.3. The topological polar surface area (TPSA) is 120 Å². The Morgan fingerprint density at radius 2 is 1.54 bits per heavy atom. The van der Waals surface area contributed by atoms with Crippen molar-refractivity contribution in [1.82, 2.24) is 20.1 Å². The highest BCUT2D eigenvalue weighted by molar-refractivity contribution is 6.07. The van der Waals surface area contributed by atoms with Crippen LogP contribution >= 0.6 is 0 Å². The molecule has 1 aliphatic rings. The molecule has 9 nitrogen and oxygen atoms in total. The van der Waals surface area contributed by atoms with Crippen LogP contribution in [0.25, 0.3) is 10.9 Å². The van der Waals surface area contributed by atoms with Crippen LogP contribution in [0.1, 0.15) is 32.7 Å². The third-order valence-corrected chi connectivity index (χ3v) is 7.08. The average Bonchev–Trinajstić information content (AvgIpc) is 2.99. The summed E-state index contributed by atoms with van der Waals surface area (Å²) in [6, 6.07) is 23.1. The Hall–Kier alpha value is -5.05. The lowest BCUT2D eigenvalue weighted by atomic mass is 10.0. The molecule has 41 heavy (non-hydrogen) atoms. The first-order chi connectivity index (χ1) is 19.9. The number of pyridine rings is 1. The van der Waals surface area contributed by atoms with E-state index in [2.05, 4.69) is 10.3 Å². The van der Waals surface area contributed by atoms with Gasteiger partial charge in [-0.2, -0.15) is 0 Å². The van der Waals surface area contributed by atoms with E-state index in [0.717, 1.165) is 5.56 Å². The van der Waals surface area contributed by atoms with E-state index >= 15 is 0 Å². The molecule has 2 heterocycles. The molecule has 0 spiro atoms. The van der Waals surface area contributed by atoms with Crippen molar-refractivity contribution in [2.24, 2.45) is 0 Å². The van der Waals surface area contributed by atoms with Gasteiger partial charge >= 0.3 is 0 Å². The molecule has 0 radical (unpaired) electrons. The second-order valence-corrected chi connectivity index (χ2v) is 10.0. The van der Waals surface area contributed by atoms with Gasteiger partial charge in [0.1, 0.15) is 11.8 Å². The van der Waals surface area contributed by atoms with Crippen LogP contribution in [0, 0.1) is 0 Å². The second-order valence-electron chi connectivity index (χ2n) is 10.0. The average molecular weight is 551 g/mol. The van der Waals surface area contributed by atoms with Gasteiger partial charge in [0.25, 0.3) is 11.8 Å². The molecule has 1 atom stereocenters. The molecule has 1 aromatic heterocycles. The normalized spacial score (nSPS) is 14.7. The van der Waals surface area contributed by atoms with E-state index in [9.17, 15) is 24.3 Å². The van der Waals surface area contributed by atoms with Crippen molar-refractivity contribution in [1.29, 1.82) is 0 Å². The highest BCUT2D eigenvalue weighted by Crippen LogP contribution is 2.18. The molecule has 0 bridgehead atoms. The molecule has 1 fully saturated rings. The fraction of sp³-hybridized carbons (Fsp3) is 0.219. The number of hydrogen-bond acceptors (Lipinski definition) is 6. The number of ketones is 1. The summed E-state index contributed by atoms with van der Waals surface area (Å²) < 4.78 is 0. The van der Waals surface area contributed by atoms with Gasteiger partial charge in [-0.1, -0.05) is 48.5 Å². The zero-order valence-corrected chi connectivity index (χ0v) is 22.4. The van der Waals surface area contributed by atoms with Crippen LogP contribution in [-0.4, -0.2) is 75.6 Å². The van der Waals surface area contributed by atoms with Crippen molar-refractivity contribution in [2.75, 3.05) is 26.2 Å². The first-order valence-electron chi connectivity index (χ1n) is 13.5. The van der Waals surface area contributed by atoms with E-state index in [1.54, 1.807) is 54.7 Å². The first kappa shape index (κ1) is 27.5. The third kappa shape index (κ3) is 6.58. The van der Waals surface area contributed by atoms with Crippen LogP contribution < -0.4 is 5.32 Å². The number of carbonyl (C=O) groups excluding carboxylic acids is 4. The molecule has 3 amide bonds. The van der Waals surface area contributed by atoms with E-state index in [0.29, 0.717) is 35.0 Å². The van der Waals surface area contributed by atoms with Gasteiger partial charge in [-0.15, -0.1) is 0 Å². The van der Waals surface area contributed by atoms with Gasteiger partial charge in [-0.25, -0.2) is 0 Å². The van der Waals surface area contributed by atoms with E-state index in [1.807, 2.05) is 24.3 Å². The summed E-state index contributed by atoms with van der Waals surface area (Å²) in [6.45, 7) is 0.303. The number of fused-ring (bicyclic) bond motifs is 1. The van der Waals surface area contributed by atoms with Crippen molar-refractivity contribution in [3.05, 3.63) is 108 Å². The number of benzene rings is 3. The largest absolute Gasteiger partial charge is 0.508 e. The van der Waals surface area contributed by atoms with Gasteiger partial charge < -0.3 is 20.2 Å². The number of para-hydroxylation sites is 1. The number of phenols is 1. The molecule has 0 unspecified atom stereocenters. The first-order valence-corrected chi connectivity index (χ1v) is 13.5. The minimum absolute atomic E-state index is 0.0906. The van der Waals surface area contributed by atoms with Gasteiger partial charge in [0.05, 0.1) is 24.2 Å². The predicted octanol–water partition coefficient (Wildman–Crippen LogP) is 3.23. The molecular formula is C32H30N4O5. The summed E-state index contributed by atoms with van der Waals surface area (Å²) in [7, 11) is 0. The van der Waals surface area contributed by atoms with Crippen molar-refractivity contribution < 1.29 is 24.3 Å². The van der Waals surface area contributed by atoms with Crippen LogP contribution in [-0.2, 0) is 16.0 Å². The zero-order valence-electron chi connectivity index (χ0n) is 22.4. The number of rotatable bonds is 6. The van der Waals surface area contributed by atoms with Crippen molar-refractivity contribution in [3.8, 4) is 5.75 Å². The third-order valence-electron chi connectivity index (χ3n) is 7.08. The van der Waals surface area contributed by atoms with Crippen LogP contribution in [0.5, 0.6) is 5.75 Å². The number of aromatic nitrogens is 1. The van der Waals surface area contributed by atoms with E-state index in [1.165, 1.54) is 21.9 Å². The number of Topliss-reactive ketones (excluding diaryl/α,β-unsaturated/α-hetero) is 1. The van der Waals surface area contributed by atoms with Crippen LogP contribution in [0.4, 0.5) is 0 Å². The number of amides is 3. The molecule has 9 heteroatoms. The lowest BCUT2D eigenvalue weighted by Gasteiger charge is -2.32. The molecule has 4 aromatic rings. The number of nitrogens with one attached hydrogen (secondary N) is 1. The summed E-state index contributed by atoms with van der Waals surface area (Å²) in [4.78, 5) is 60.6. The molecule has 1 aliphatic heterocycles. The smallest absolute Gasteiger partial charge is 0.254 e. The Morgan fingerprint density at radius 1 is 0.854 bits per heavy atom. The Labute approximate surface area is 237 Å². The maximum absolute atomic E-state index is 13.9. The summed E-state index contributed by atoms with van der Waals surface area (Å²) in [5.74, 6) is -1.22. The number of nitrogens with zero attached hydrogens (tertiary/aromatic N) is 3. The van der Waals surface area contributed by atoms with Gasteiger partial charge in [0.2, 0.25) is 5.91 Å². The van der Waals surface area contributed by atoms with Crippen LogP contribution in [0.3, 0.4) is 0 Å². The van der Waals surface area contributed by atoms with Crippen molar-refractivity contribution >= 4 is 34.4 Å². The summed E-state index contributed by atoms with van der Waals surface area (Å²) in [6.07, 6.45) is 2.19. The predicted molar refractivity (Wildman–Crippen MR) is 153 cm³/mol. The molecule has 1 saturated heterocycles. The van der Waals surface area contributed by atoms with Crippen LogP contribution in [0.2, 0.25) is 0 Å². The highest BCUT2D eigenvalue weighted by Gasteiger charge is 2.31. The fourth-order valence-electron chi connectivity index (χ4n) is 5.03. The maximum Gasteiger partial charge on any atom is 0.254 e. The lowest BCUT2D eigenvalue weighted by Crippen LogP contribution is -2.53. The minimum atomic E-state index is -0.965. The summed E-state index contributed by atoms with van der Waals surface area (Å²) in [5, 5.41) is 13.3. The number of phenolic OH excluding ortho intramolecular Hbond substituents is 1. The quantitative estimate of drug-likeness (QED) is 0.381. The molecule has 0 saturated carbocycles. The van der Waals surface area contributed by atoms with Gasteiger partial charge in [-0.05, 0) is 48.4 Å². The fourth-order valence-corrected chi connectivity index (χ4v) is 5.03. The van der Waals surface area contributed by atoms with Gasteiger partial charge in [0, 0.05) is 36.7 Å². The Bertz CT molecular complexity index is 1570. The molecule has 208 valence electrons. The van der Waals surface area contributed by atoms with E-state index in [-0.39, 0.29) is 49.4 Å². The Kier molecular flexibility index (Phi) is 8.34. The molecular weight excluding hydrogens is 520 g/mol. The lowest BCUT2D eigenvalue weighted by molar-refractivity contribution is -0.137. The molecule has 3 aromatic carbocycles. The zero-order chi connectivity index (χ0) is 28.8. The molecule has 5 rings (SSSR count). The maximum atomic E-state index is 13.9. The van der Waals surface area contributed by atoms with Crippen molar-refractivity contribution in [2.45, 2.75) is 18.9 Å². The second kappa shape index (κ2) is 12.4. The van der Waals surface area contributed by atoms with Gasteiger partial charge in [0.15, 0.2) is 5.78 Å². The summed E-state index contributed by atoms with van der Waals surface area (Å²) >= 11 is 0. The number of hydrogen-bond donors (Lipinski definition) is 2. The van der Waals surface area contributed by atoms with E-state index in [4.69, 9.17) is 0 Å². The van der Waals surface area contributed by atoms with Crippen LogP contribution in [0.15, 0.2) is 91.1 Å². The standard InChI is InChI=1S/C32H30N4O5/c37-24-13-11-22(12-14-24)19-29(34-30(39)27-15-16-33-28-10-5-4-9-26(27)28)32(41)36-18-6-17-35(20-25(38)21-36)31(40)23-7-2-1-3-8-23/h1-5,7-16,29,37H,6,17-21H2,(H,34,39)/t29-/m0/s1. The monoisotopic (exact) mass is 550 g/mol. The van der Waals surface area contributed by atoms with Crippen molar-refractivity contribution in [3.63, 3.8) is 0 Å². The SMILES string of the molecule is O=C1CN(C(=O)c2ccccc2)CCCN(C(=O)[C@H](Cc2ccc(O)cc2)NC(=O)c2ccnc3ccccc23)C1. The molecule has 0 aliphatic carbocycles. The van der Waals surface area contributed by atoms with Gasteiger partial charge in [-0.3, -0.25) is 24.2 Å². The Balaban J connectivity index is 1.35. The minimum Gasteiger partial charge on any atom is -0.508 e. The number of aromatic hydroxyl groups is 1. The Morgan fingerprint density at radius 3 is 2.32 bits per heavy atom. The molecule has 2 N–H and O–H groups in total. The van der Waals surface area contributed by atoms with E-state index < -0.39 is 11.9 Å². The number of carbonyl (C=O) groups is 4.